The lowest BCUT2D eigenvalue weighted by Gasteiger charge is -2.21. The number of hydrogen-bond acceptors (Lipinski definition) is 5. The van der Waals surface area contributed by atoms with Gasteiger partial charge >= 0.3 is 0 Å². The maximum absolute atomic E-state index is 13.8. The first-order chi connectivity index (χ1) is 12.0. The molecule has 1 aliphatic rings. The molecule has 1 aliphatic heterocycles. The van der Waals surface area contributed by atoms with Crippen LogP contribution in [-0.4, -0.2) is 32.6 Å². The summed E-state index contributed by atoms with van der Waals surface area (Å²) in [5.74, 6) is -0.431. The van der Waals surface area contributed by atoms with E-state index in [0.717, 1.165) is 12.1 Å². The van der Waals surface area contributed by atoms with Crippen LogP contribution in [0, 0.1) is 5.82 Å². The Hall–Kier alpha value is -3.29. The molecule has 0 atom stereocenters. The van der Waals surface area contributed by atoms with Gasteiger partial charge in [0.2, 0.25) is 0 Å². The molecule has 25 heavy (non-hydrogen) atoms. The average molecular weight is 346 g/mol. The quantitative estimate of drug-likeness (QED) is 0.888. The van der Waals surface area contributed by atoms with Crippen molar-refractivity contribution in [1.29, 1.82) is 0 Å². The molecule has 0 radical (unpaired) electrons. The van der Waals surface area contributed by atoms with Crippen LogP contribution in [0.4, 0.5) is 15.8 Å². The number of benzene rings is 2. The van der Waals surface area contributed by atoms with E-state index in [0.29, 0.717) is 11.5 Å². The Labute approximate surface area is 142 Å². The molecule has 130 valence electrons. The zero-order valence-electron chi connectivity index (χ0n) is 13.5. The van der Waals surface area contributed by atoms with Gasteiger partial charge in [-0.3, -0.25) is 9.59 Å². The number of amides is 2. The van der Waals surface area contributed by atoms with Crippen molar-refractivity contribution in [3.05, 3.63) is 41.7 Å². The second-order valence-corrected chi connectivity index (χ2v) is 5.19. The molecule has 1 heterocycles. The van der Waals surface area contributed by atoms with Gasteiger partial charge in [0.1, 0.15) is 5.82 Å². The Morgan fingerprint density at radius 1 is 1.20 bits per heavy atom. The zero-order valence-corrected chi connectivity index (χ0v) is 13.5. The summed E-state index contributed by atoms with van der Waals surface area (Å²) < 4.78 is 29.3. The van der Waals surface area contributed by atoms with Gasteiger partial charge in [-0.1, -0.05) is 0 Å². The van der Waals surface area contributed by atoms with Crippen molar-refractivity contribution in [1.82, 2.24) is 0 Å². The van der Waals surface area contributed by atoms with Crippen molar-refractivity contribution in [2.45, 2.75) is 0 Å². The van der Waals surface area contributed by atoms with Crippen LogP contribution in [0.1, 0.15) is 10.4 Å². The second kappa shape index (κ2) is 6.68. The predicted octanol–water partition coefficient (Wildman–Crippen LogP) is 2.43. The van der Waals surface area contributed by atoms with Gasteiger partial charge in [-0.05, 0) is 18.2 Å². The summed E-state index contributed by atoms with van der Waals surface area (Å²) in [6.45, 7) is -0.210. The Kier molecular flexibility index (Phi) is 4.42. The zero-order chi connectivity index (χ0) is 18.0. The van der Waals surface area contributed by atoms with Crippen LogP contribution >= 0.6 is 0 Å². The molecule has 2 aromatic carbocycles. The lowest BCUT2D eigenvalue weighted by Crippen LogP contribution is -2.26. The maximum atomic E-state index is 13.8. The average Bonchev–Trinajstić information content (AvgIpc) is 2.60. The summed E-state index contributed by atoms with van der Waals surface area (Å²) in [4.78, 5) is 23.8. The number of hydrogen-bond donors (Lipinski definition) is 2. The smallest absolute Gasteiger partial charge is 0.262 e. The van der Waals surface area contributed by atoms with Gasteiger partial charge in [0.25, 0.3) is 11.8 Å². The summed E-state index contributed by atoms with van der Waals surface area (Å²) in [5, 5.41) is 5.07. The summed E-state index contributed by atoms with van der Waals surface area (Å²) in [6, 6.07) is 6.88. The van der Waals surface area contributed by atoms with E-state index < -0.39 is 17.6 Å². The Bertz CT molecular complexity index is 853. The van der Waals surface area contributed by atoms with E-state index in [9.17, 15) is 14.0 Å². The van der Waals surface area contributed by atoms with Crippen LogP contribution in [0.5, 0.6) is 17.2 Å². The van der Waals surface area contributed by atoms with Gasteiger partial charge in [0, 0.05) is 17.7 Å². The van der Waals surface area contributed by atoms with Crippen LogP contribution in [0.3, 0.4) is 0 Å². The van der Waals surface area contributed by atoms with Crippen molar-refractivity contribution in [3.63, 3.8) is 0 Å². The lowest BCUT2D eigenvalue weighted by atomic mass is 10.1. The summed E-state index contributed by atoms with van der Waals surface area (Å²) in [5.41, 5.74) is 0.573. The molecule has 0 aromatic heterocycles. The lowest BCUT2D eigenvalue weighted by molar-refractivity contribution is -0.118. The molecule has 2 N–H and O–H groups in total. The summed E-state index contributed by atoms with van der Waals surface area (Å²) in [6.07, 6.45) is 0. The second-order valence-electron chi connectivity index (χ2n) is 5.19. The molecule has 8 heteroatoms. The van der Waals surface area contributed by atoms with Gasteiger partial charge < -0.3 is 24.8 Å². The van der Waals surface area contributed by atoms with Crippen LogP contribution < -0.4 is 24.8 Å². The third-order valence-corrected chi connectivity index (χ3v) is 3.57. The van der Waals surface area contributed by atoms with Gasteiger partial charge in [0.05, 0.1) is 25.6 Å². The fourth-order valence-corrected chi connectivity index (χ4v) is 2.43. The minimum absolute atomic E-state index is 0.120. The molecule has 3 rings (SSSR count). The highest BCUT2D eigenvalue weighted by Gasteiger charge is 2.22. The molecule has 0 aliphatic carbocycles. The van der Waals surface area contributed by atoms with E-state index in [1.165, 1.54) is 20.3 Å². The highest BCUT2D eigenvalue weighted by Crippen LogP contribution is 2.37. The van der Waals surface area contributed by atoms with E-state index >= 15 is 0 Å². The van der Waals surface area contributed by atoms with Crippen LogP contribution in [0.15, 0.2) is 30.3 Å². The highest BCUT2D eigenvalue weighted by atomic mass is 19.1. The molecule has 0 spiro atoms. The minimum Gasteiger partial charge on any atom is -0.493 e. The fourth-order valence-electron chi connectivity index (χ4n) is 2.43. The number of rotatable bonds is 4. The van der Waals surface area contributed by atoms with Crippen LogP contribution in [0.25, 0.3) is 0 Å². The normalized spacial score (nSPS) is 12.5. The predicted molar refractivity (Wildman–Crippen MR) is 88.0 cm³/mol. The Balaban J connectivity index is 1.90. The van der Waals surface area contributed by atoms with Crippen molar-refractivity contribution in [2.75, 3.05) is 31.5 Å². The van der Waals surface area contributed by atoms with E-state index in [4.69, 9.17) is 14.2 Å². The molecule has 0 saturated heterocycles. The first-order valence-corrected chi connectivity index (χ1v) is 7.31. The third kappa shape index (κ3) is 3.32. The molecular formula is C17H15FN2O5. The van der Waals surface area contributed by atoms with E-state index in [1.807, 2.05) is 0 Å². The largest absolute Gasteiger partial charge is 0.493 e. The number of anilines is 2. The molecule has 0 bridgehead atoms. The summed E-state index contributed by atoms with van der Waals surface area (Å²) in [7, 11) is 2.95. The van der Waals surface area contributed by atoms with Crippen LogP contribution in [-0.2, 0) is 4.79 Å². The number of methoxy groups -OCH3 is 2. The van der Waals surface area contributed by atoms with Gasteiger partial charge in [-0.25, -0.2) is 4.39 Å². The van der Waals surface area contributed by atoms with E-state index in [-0.39, 0.29) is 29.3 Å². The van der Waals surface area contributed by atoms with E-state index in [2.05, 4.69) is 10.6 Å². The molecular weight excluding hydrogens is 331 g/mol. The number of fused-ring (bicyclic) bond motifs is 1. The highest BCUT2D eigenvalue weighted by molar-refractivity contribution is 6.07. The van der Waals surface area contributed by atoms with E-state index in [1.54, 1.807) is 12.1 Å². The fraction of sp³-hybridized carbons (Fsp3) is 0.176. The number of carbonyl (C=O) groups is 2. The van der Waals surface area contributed by atoms with Crippen molar-refractivity contribution in [2.24, 2.45) is 0 Å². The number of nitrogens with one attached hydrogen (secondary N) is 2. The monoisotopic (exact) mass is 346 g/mol. The third-order valence-electron chi connectivity index (χ3n) is 3.57. The number of halogens is 1. The molecule has 2 aromatic rings. The number of ether oxygens (including phenoxy) is 3. The van der Waals surface area contributed by atoms with Crippen LogP contribution in [0.2, 0.25) is 0 Å². The van der Waals surface area contributed by atoms with Crippen molar-refractivity contribution in [3.8, 4) is 17.2 Å². The van der Waals surface area contributed by atoms with Crippen molar-refractivity contribution >= 4 is 23.2 Å². The topological polar surface area (TPSA) is 85.9 Å². The minimum atomic E-state index is -0.618. The summed E-state index contributed by atoms with van der Waals surface area (Å²) >= 11 is 0. The molecule has 2 amide bonds. The first-order valence-electron chi connectivity index (χ1n) is 7.31. The molecule has 7 nitrogen and oxygen atoms in total. The van der Waals surface area contributed by atoms with Gasteiger partial charge in [0.15, 0.2) is 23.9 Å². The van der Waals surface area contributed by atoms with Crippen molar-refractivity contribution < 1.29 is 28.2 Å². The van der Waals surface area contributed by atoms with Gasteiger partial charge in [-0.15, -0.1) is 0 Å². The maximum Gasteiger partial charge on any atom is 0.262 e. The first kappa shape index (κ1) is 16.6. The Morgan fingerprint density at radius 3 is 2.68 bits per heavy atom. The molecule has 0 fully saturated rings. The SMILES string of the molecule is COc1ccc(C(=O)Nc2cc(F)cc3c2OCC(=O)N3)cc1OC. The molecule has 0 saturated carbocycles. The Morgan fingerprint density at radius 2 is 1.96 bits per heavy atom. The number of carbonyl (C=O) groups excluding carboxylic acids is 2. The molecule has 0 unspecified atom stereocenters. The van der Waals surface area contributed by atoms with Gasteiger partial charge in [-0.2, -0.15) is 0 Å². The standard InChI is InChI=1S/C17H15FN2O5/c1-23-13-4-3-9(5-14(13)24-2)17(22)20-12-7-10(18)6-11-16(12)25-8-15(21)19-11/h3-7H,8H2,1-2H3,(H,19,21)(H,20,22).